The van der Waals surface area contributed by atoms with E-state index in [9.17, 15) is 9.18 Å². The van der Waals surface area contributed by atoms with E-state index in [1.54, 1.807) is 36.4 Å². The van der Waals surface area contributed by atoms with Crippen LogP contribution in [-0.2, 0) is 6.61 Å². The molecular weight excluding hydrogens is 367 g/mol. The lowest BCUT2D eigenvalue weighted by Gasteiger charge is -2.07. The van der Waals surface area contributed by atoms with Gasteiger partial charge in [-0.2, -0.15) is 0 Å². The third-order valence-corrected chi connectivity index (χ3v) is 4.32. The molecule has 1 aliphatic heterocycles. The molecule has 5 heteroatoms. The molecule has 4 rings (SSSR count). The van der Waals surface area contributed by atoms with Gasteiger partial charge in [0, 0.05) is 11.1 Å². The van der Waals surface area contributed by atoms with Crippen molar-refractivity contribution in [3.63, 3.8) is 0 Å². The molecule has 0 radical (unpaired) electrons. The Morgan fingerprint density at radius 1 is 1.04 bits per heavy atom. The molecule has 0 N–H and O–H groups in total. The van der Waals surface area contributed by atoms with Gasteiger partial charge in [-0.3, -0.25) is 4.79 Å². The maximum Gasteiger partial charge on any atom is 0.231 e. The number of fused-ring (bicyclic) bond motifs is 1. The average Bonchev–Trinajstić information content (AvgIpc) is 2.95. The van der Waals surface area contributed by atoms with Crippen LogP contribution in [0.1, 0.15) is 21.5 Å². The van der Waals surface area contributed by atoms with Crippen LogP contribution in [0.2, 0.25) is 5.02 Å². The van der Waals surface area contributed by atoms with Crippen LogP contribution in [0.4, 0.5) is 4.39 Å². The fourth-order valence-corrected chi connectivity index (χ4v) is 3.01. The predicted octanol–water partition coefficient (Wildman–Crippen LogP) is 5.67. The highest BCUT2D eigenvalue weighted by Crippen LogP contribution is 2.35. The Bertz CT molecular complexity index is 1060. The van der Waals surface area contributed by atoms with Gasteiger partial charge in [-0.05, 0) is 53.6 Å². The van der Waals surface area contributed by atoms with Crippen LogP contribution < -0.4 is 9.47 Å². The summed E-state index contributed by atoms with van der Waals surface area (Å²) in [6.45, 7) is 0.347. The molecule has 0 fully saturated rings. The molecule has 0 aromatic heterocycles. The molecule has 0 spiro atoms. The summed E-state index contributed by atoms with van der Waals surface area (Å²) in [7, 11) is 0. The first kappa shape index (κ1) is 17.3. The SMILES string of the molecule is O=C1/C(=C/c2cccc(F)c2)Oc2cc(OCc3cccc(Cl)c3)ccc21. The Balaban J connectivity index is 1.52. The number of allylic oxidation sites excluding steroid dienone is 1. The number of ketones is 1. The van der Waals surface area contributed by atoms with E-state index < -0.39 is 0 Å². The van der Waals surface area contributed by atoms with Gasteiger partial charge in [0.2, 0.25) is 5.78 Å². The predicted molar refractivity (Wildman–Crippen MR) is 102 cm³/mol. The zero-order chi connectivity index (χ0) is 18.8. The number of rotatable bonds is 4. The maximum atomic E-state index is 13.3. The lowest BCUT2D eigenvalue weighted by molar-refractivity contribution is 0.101. The van der Waals surface area contributed by atoms with E-state index in [-0.39, 0.29) is 17.4 Å². The Hall–Kier alpha value is -3.11. The monoisotopic (exact) mass is 380 g/mol. The number of hydrogen-bond acceptors (Lipinski definition) is 3. The molecule has 3 aromatic carbocycles. The molecule has 0 saturated carbocycles. The first-order valence-electron chi connectivity index (χ1n) is 8.29. The first-order valence-corrected chi connectivity index (χ1v) is 8.67. The fraction of sp³-hybridized carbons (Fsp3) is 0.0455. The van der Waals surface area contributed by atoms with Gasteiger partial charge < -0.3 is 9.47 Å². The van der Waals surface area contributed by atoms with E-state index in [1.807, 2.05) is 18.2 Å². The Morgan fingerprint density at radius 3 is 2.70 bits per heavy atom. The average molecular weight is 381 g/mol. The number of benzene rings is 3. The van der Waals surface area contributed by atoms with E-state index in [0.717, 1.165) is 5.56 Å². The minimum Gasteiger partial charge on any atom is -0.489 e. The summed E-state index contributed by atoms with van der Waals surface area (Å²) in [5.74, 6) is 0.544. The van der Waals surface area contributed by atoms with Gasteiger partial charge in [-0.15, -0.1) is 0 Å². The molecule has 1 aliphatic rings. The minimum atomic E-state index is -0.371. The van der Waals surface area contributed by atoms with Crippen LogP contribution in [0.25, 0.3) is 6.08 Å². The fourth-order valence-electron chi connectivity index (χ4n) is 2.80. The van der Waals surface area contributed by atoms with Crippen LogP contribution in [0.3, 0.4) is 0 Å². The number of carbonyl (C=O) groups is 1. The summed E-state index contributed by atoms with van der Waals surface area (Å²) in [6.07, 6.45) is 1.53. The van der Waals surface area contributed by atoms with Gasteiger partial charge in [0.1, 0.15) is 23.9 Å². The summed E-state index contributed by atoms with van der Waals surface area (Å²) >= 11 is 5.97. The number of carbonyl (C=O) groups excluding carboxylic acids is 1. The van der Waals surface area contributed by atoms with E-state index in [2.05, 4.69) is 0 Å². The van der Waals surface area contributed by atoms with Crippen molar-refractivity contribution in [1.82, 2.24) is 0 Å². The van der Waals surface area contributed by atoms with Crippen molar-refractivity contribution in [2.45, 2.75) is 6.61 Å². The minimum absolute atomic E-state index is 0.155. The molecule has 0 bridgehead atoms. The highest BCUT2D eigenvalue weighted by molar-refractivity contribution is 6.30. The highest BCUT2D eigenvalue weighted by atomic mass is 35.5. The molecular formula is C22H14ClFO3. The molecule has 1 heterocycles. The van der Waals surface area contributed by atoms with Crippen LogP contribution in [-0.4, -0.2) is 5.78 Å². The van der Waals surface area contributed by atoms with Crippen molar-refractivity contribution in [1.29, 1.82) is 0 Å². The third kappa shape index (κ3) is 3.86. The van der Waals surface area contributed by atoms with Crippen molar-refractivity contribution in [2.24, 2.45) is 0 Å². The zero-order valence-electron chi connectivity index (χ0n) is 14.1. The van der Waals surface area contributed by atoms with Crippen LogP contribution in [0.5, 0.6) is 11.5 Å². The second kappa shape index (κ2) is 7.25. The van der Waals surface area contributed by atoms with Crippen molar-refractivity contribution in [3.05, 3.63) is 100 Å². The van der Waals surface area contributed by atoms with Gasteiger partial charge in [-0.1, -0.05) is 35.9 Å². The maximum absolute atomic E-state index is 13.3. The van der Waals surface area contributed by atoms with Gasteiger partial charge in [0.15, 0.2) is 5.76 Å². The molecule has 134 valence electrons. The smallest absolute Gasteiger partial charge is 0.231 e. The molecule has 0 saturated heterocycles. The third-order valence-electron chi connectivity index (χ3n) is 4.08. The molecule has 0 aliphatic carbocycles. The number of ether oxygens (including phenoxy) is 2. The highest BCUT2D eigenvalue weighted by Gasteiger charge is 2.27. The molecule has 27 heavy (non-hydrogen) atoms. The van der Waals surface area contributed by atoms with Gasteiger partial charge in [0.05, 0.1) is 5.56 Å². The summed E-state index contributed by atoms with van der Waals surface area (Å²) in [5.41, 5.74) is 1.95. The molecule has 0 unspecified atom stereocenters. The molecule has 3 nitrogen and oxygen atoms in total. The van der Waals surface area contributed by atoms with Gasteiger partial charge in [0.25, 0.3) is 0 Å². The van der Waals surface area contributed by atoms with E-state index >= 15 is 0 Å². The number of hydrogen-bond donors (Lipinski definition) is 0. The van der Waals surface area contributed by atoms with Crippen molar-refractivity contribution in [3.8, 4) is 11.5 Å². The van der Waals surface area contributed by atoms with E-state index in [1.165, 1.54) is 18.2 Å². The summed E-state index contributed by atoms with van der Waals surface area (Å²) < 4.78 is 24.7. The summed E-state index contributed by atoms with van der Waals surface area (Å²) in [6, 6.07) is 18.4. The number of Topliss-reactive ketones (excluding diaryl/α,β-unsaturated/α-hetero) is 1. The Kier molecular flexibility index (Phi) is 4.65. The standard InChI is InChI=1S/C22H14ClFO3/c23-16-5-1-4-15(9-16)13-26-18-7-8-19-20(12-18)27-21(22(19)25)11-14-3-2-6-17(24)10-14/h1-12H,13H2/b21-11-. The Labute approximate surface area is 160 Å². The van der Waals surface area contributed by atoms with E-state index in [0.29, 0.717) is 34.3 Å². The first-order chi connectivity index (χ1) is 13.1. The second-order valence-electron chi connectivity index (χ2n) is 6.07. The van der Waals surface area contributed by atoms with Crippen LogP contribution >= 0.6 is 11.6 Å². The van der Waals surface area contributed by atoms with Crippen molar-refractivity contribution >= 4 is 23.5 Å². The van der Waals surface area contributed by atoms with Crippen LogP contribution in [0.15, 0.2) is 72.5 Å². The Morgan fingerprint density at radius 2 is 1.89 bits per heavy atom. The molecule has 0 amide bonds. The zero-order valence-corrected chi connectivity index (χ0v) is 14.9. The molecule has 0 atom stereocenters. The quantitative estimate of drug-likeness (QED) is 0.547. The van der Waals surface area contributed by atoms with Crippen molar-refractivity contribution in [2.75, 3.05) is 0 Å². The van der Waals surface area contributed by atoms with Gasteiger partial charge in [-0.25, -0.2) is 4.39 Å². The van der Waals surface area contributed by atoms with Crippen LogP contribution in [0, 0.1) is 5.82 Å². The van der Waals surface area contributed by atoms with Crippen molar-refractivity contribution < 1.29 is 18.7 Å². The summed E-state index contributed by atoms with van der Waals surface area (Å²) in [5, 5.41) is 0.645. The second-order valence-corrected chi connectivity index (χ2v) is 6.51. The van der Waals surface area contributed by atoms with E-state index in [4.69, 9.17) is 21.1 Å². The number of halogens is 2. The molecule has 3 aromatic rings. The normalized spacial score (nSPS) is 14.1. The topological polar surface area (TPSA) is 35.5 Å². The summed E-state index contributed by atoms with van der Waals surface area (Å²) in [4.78, 5) is 12.5. The lowest BCUT2D eigenvalue weighted by Crippen LogP contribution is -1.98. The van der Waals surface area contributed by atoms with Gasteiger partial charge >= 0.3 is 0 Å². The largest absolute Gasteiger partial charge is 0.489 e. The lowest BCUT2D eigenvalue weighted by atomic mass is 10.1.